The van der Waals surface area contributed by atoms with Gasteiger partial charge in [-0.05, 0) is 119 Å². The molecule has 0 unspecified atom stereocenters. The predicted molar refractivity (Wildman–Crippen MR) is 298 cm³/mol. The molecule has 1 aliphatic heterocycles. The molecule has 5 nitrogen and oxygen atoms in total. The van der Waals surface area contributed by atoms with Crippen molar-refractivity contribution in [2.45, 2.75) is 66.2 Å². The average molecular weight is 929 g/mol. The molecule has 70 heavy (non-hydrogen) atoms. The van der Waals surface area contributed by atoms with Gasteiger partial charge in [0.15, 0.2) is 0 Å². The molecular formula is C64H56N4OS. The molecule has 0 atom stereocenters. The molecule has 0 saturated carbocycles. The van der Waals surface area contributed by atoms with Gasteiger partial charge in [0.05, 0.1) is 28.1 Å². The van der Waals surface area contributed by atoms with E-state index in [2.05, 4.69) is 246 Å². The highest BCUT2D eigenvalue weighted by molar-refractivity contribution is 7.26. The van der Waals surface area contributed by atoms with Crippen LogP contribution in [0, 0.1) is 13.8 Å². The molecule has 0 aliphatic carbocycles. The molecule has 1 aliphatic rings. The molecule has 0 fully saturated rings. The summed E-state index contributed by atoms with van der Waals surface area (Å²) in [7, 11) is 0. The monoisotopic (exact) mass is 928 g/mol. The number of hydrogen-bond donors (Lipinski definition) is 0. The van der Waals surface area contributed by atoms with Gasteiger partial charge < -0.3 is 14.5 Å². The Balaban J connectivity index is 1.01. The zero-order valence-electron chi connectivity index (χ0n) is 41.1. The van der Waals surface area contributed by atoms with E-state index in [-0.39, 0.29) is 10.8 Å². The molecule has 3 aromatic heterocycles. The zero-order valence-corrected chi connectivity index (χ0v) is 41.9. The minimum Gasteiger partial charge on any atom is -0.457 e. The van der Waals surface area contributed by atoms with Gasteiger partial charge in [-0.25, -0.2) is 4.98 Å². The molecule has 0 saturated heterocycles. The fraction of sp³-hybridized carbons (Fsp3) is 0.172. The number of aryl methyl sites for hydroxylation is 2. The van der Waals surface area contributed by atoms with Crippen molar-refractivity contribution >= 4 is 76.1 Å². The van der Waals surface area contributed by atoms with Crippen molar-refractivity contribution in [3.8, 4) is 39.6 Å². The molecule has 0 bridgehead atoms. The summed E-state index contributed by atoms with van der Waals surface area (Å²) in [5, 5.41) is 4.99. The number of thiophene rings is 1. The van der Waals surface area contributed by atoms with Gasteiger partial charge in [-0.2, -0.15) is 0 Å². The molecule has 0 amide bonds. The number of para-hydroxylation sites is 2. The Labute approximate surface area is 414 Å². The lowest BCUT2D eigenvalue weighted by Crippen LogP contribution is -2.25. The first-order chi connectivity index (χ1) is 33.8. The van der Waals surface area contributed by atoms with E-state index in [1.807, 2.05) is 17.5 Å². The third kappa shape index (κ3) is 7.32. The standard InChI is InChI=1S/C64H56N4OS/c1-40-33-41(2)59(43-21-13-10-14-22-43)61(58(40)42-19-11-9-12-20-42)67-39-66(52-24-16-17-25-53(52)67)46-34-45(64(6,7)8)35-48(37-46)69-47-27-28-51-55(38-47)68(57-36-44(31-32-65-57)63(3,4)5)54-30-29-50-49-23-15-18-26-56(49)70-62(50)60(51)54/h9-38H,39H2,1-8H3. The molecular weight excluding hydrogens is 873 g/mol. The van der Waals surface area contributed by atoms with Crippen LogP contribution in [-0.4, -0.2) is 16.2 Å². The summed E-state index contributed by atoms with van der Waals surface area (Å²) < 4.78 is 12.1. The summed E-state index contributed by atoms with van der Waals surface area (Å²) in [4.78, 5) is 10.0. The summed E-state index contributed by atoms with van der Waals surface area (Å²) in [6, 6.07) is 64.1. The number of pyridine rings is 1. The third-order valence-corrected chi connectivity index (χ3v) is 15.4. The van der Waals surface area contributed by atoms with Crippen LogP contribution in [0.1, 0.15) is 63.8 Å². The molecule has 344 valence electrons. The fourth-order valence-corrected chi connectivity index (χ4v) is 12.0. The quantitative estimate of drug-likeness (QED) is 0.159. The first-order valence-corrected chi connectivity index (χ1v) is 25.2. The molecule has 11 aromatic rings. The number of ether oxygens (including phenoxy) is 1. The van der Waals surface area contributed by atoms with E-state index >= 15 is 0 Å². The van der Waals surface area contributed by atoms with Crippen LogP contribution in [0.3, 0.4) is 0 Å². The van der Waals surface area contributed by atoms with Crippen LogP contribution in [0.15, 0.2) is 182 Å². The Morgan fingerprint density at radius 3 is 1.83 bits per heavy atom. The topological polar surface area (TPSA) is 33.5 Å². The first-order valence-electron chi connectivity index (χ1n) is 24.4. The average Bonchev–Trinajstić information content (AvgIpc) is 4.03. The normalized spacial score (nSPS) is 13.0. The van der Waals surface area contributed by atoms with Gasteiger partial charge in [0, 0.05) is 66.1 Å². The van der Waals surface area contributed by atoms with Crippen LogP contribution in [-0.2, 0) is 10.8 Å². The van der Waals surface area contributed by atoms with Gasteiger partial charge in [-0.3, -0.25) is 4.57 Å². The Kier molecular flexibility index (Phi) is 10.3. The van der Waals surface area contributed by atoms with E-state index in [1.165, 1.54) is 86.8 Å². The fourth-order valence-electron chi connectivity index (χ4n) is 10.7. The summed E-state index contributed by atoms with van der Waals surface area (Å²) in [6.45, 7) is 18.8. The van der Waals surface area contributed by atoms with Gasteiger partial charge in [0.1, 0.15) is 24.0 Å². The molecule has 12 rings (SSSR count). The lowest BCUT2D eigenvalue weighted by Gasteiger charge is -2.30. The molecule has 6 heteroatoms. The van der Waals surface area contributed by atoms with Crippen LogP contribution >= 0.6 is 11.3 Å². The number of hydrogen-bond acceptors (Lipinski definition) is 5. The molecule has 4 heterocycles. The summed E-state index contributed by atoms with van der Waals surface area (Å²) >= 11 is 1.87. The Hall–Kier alpha value is -7.67. The van der Waals surface area contributed by atoms with Gasteiger partial charge in [0.2, 0.25) is 0 Å². The molecule has 0 spiro atoms. The second-order valence-electron chi connectivity index (χ2n) is 21.0. The number of nitrogens with zero attached hydrogens (tertiary/aromatic N) is 4. The lowest BCUT2D eigenvalue weighted by molar-refractivity contribution is 0.479. The van der Waals surface area contributed by atoms with E-state index < -0.39 is 0 Å². The van der Waals surface area contributed by atoms with Gasteiger partial charge in [-0.1, -0.05) is 145 Å². The maximum atomic E-state index is 7.14. The van der Waals surface area contributed by atoms with Crippen molar-refractivity contribution in [3.05, 3.63) is 204 Å². The van der Waals surface area contributed by atoms with E-state index in [4.69, 9.17) is 9.72 Å². The summed E-state index contributed by atoms with van der Waals surface area (Å²) in [5.74, 6) is 2.46. The smallest absolute Gasteiger partial charge is 0.137 e. The zero-order chi connectivity index (χ0) is 48.1. The van der Waals surface area contributed by atoms with Gasteiger partial charge >= 0.3 is 0 Å². The van der Waals surface area contributed by atoms with Crippen LogP contribution in [0.4, 0.5) is 22.7 Å². The predicted octanol–water partition coefficient (Wildman–Crippen LogP) is 18.1. The van der Waals surface area contributed by atoms with Crippen molar-refractivity contribution in [2.75, 3.05) is 16.5 Å². The summed E-state index contributed by atoms with van der Waals surface area (Å²) in [6.07, 6.45) is 1.95. The number of anilines is 4. The van der Waals surface area contributed by atoms with Crippen LogP contribution < -0.4 is 14.5 Å². The Morgan fingerprint density at radius 1 is 0.514 bits per heavy atom. The first kappa shape index (κ1) is 43.6. The third-order valence-electron chi connectivity index (χ3n) is 14.2. The van der Waals surface area contributed by atoms with Gasteiger partial charge in [0.25, 0.3) is 0 Å². The minimum absolute atomic E-state index is 0.0422. The number of rotatable bonds is 7. The highest BCUT2D eigenvalue weighted by Gasteiger charge is 2.33. The number of benzene rings is 8. The van der Waals surface area contributed by atoms with Crippen LogP contribution in [0.2, 0.25) is 0 Å². The maximum Gasteiger partial charge on any atom is 0.137 e. The molecule has 8 aromatic carbocycles. The maximum absolute atomic E-state index is 7.14. The van der Waals surface area contributed by atoms with Crippen LogP contribution in [0.5, 0.6) is 11.5 Å². The second kappa shape index (κ2) is 16.5. The molecule has 0 N–H and O–H groups in total. The van der Waals surface area contributed by atoms with Gasteiger partial charge in [-0.15, -0.1) is 11.3 Å². The SMILES string of the molecule is Cc1cc(C)c(-c2ccccc2)c(N2CN(c3cc(Oc4ccc5c6c7sc8ccccc8c7ccc6n(-c6cc(C(C)(C)C)ccn6)c5c4)cc(C(C)(C)C)c3)c3ccccc32)c1-c1ccccc1. The Morgan fingerprint density at radius 2 is 1.14 bits per heavy atom. The largest absolute Gasteiger partial charge is 0.457 e. The molecule has 0 radical (unpaired) electrons. The van der Waals surface area contributed by atoms with Crippen molar-refractivity contribution < 1.29 is 4.74 Å². The summed E-state index contributed by atoms with van der Waals surface area (Å²) in [5.41, 5.74) is 16.4. The van der Waals surface area contributed by atoms with Crippen molar-refractivity contribution in [2.24, 2.45) is 0 Å². The van der Waals surface area contributed by atoms with Crippen LogP contribution in [0.25, 0.3) is 70.0 Å². The van der Waals surface area contributed by atoms with Crippen molar-refractivity contribution in [1.29, 1.82) is 0 Å². The van der Waals surface area contributed by atoms with Crippen molar-refractivity contribution in [1.82, 2.24) is 9.55 Å². The van der Waals surface area contributed by atoms with Crippen molar-refractivity contribution in [3.63, 3.8) is 0 Å². The number of fused-ring (bicyclic) bond motifs is 8. The second-order valence-corrected chi connectivity index (χ2v) is 22.0. The Bertz CT molecular complexity index is 3770. The minimum atomic E-state index is -0.155. The van der Waals surface area contributed by atoms with E-state index in [0.717, 1.165) is 39.7 Å². The van der Waals surface area contributed by atoms with E-state index in [1.54, 1.807) is 0 Å². The lowest BCUT2D eigenvalue weighted by atomic mass is 9.86. The number of aromatic nitrogens is 2. The van der Waals surface area contributed by atoms with E-state index in [9.17, 15) is 0 Å². The highest BCUT2D eigenvalue weighted by atomic mass is 32.1. The highest BCUT2D eigenvalue weighted by Crippen LogP contribution is 2.53. The van der Waals surface area contributed by atoms with E-state index in [0.29, 0.717) is 6.67 Å².